The SMILES string of the molecule is Cc1cccc(C)c1OCc1nnc(SCc2nccn2C(F)F)n1-c1ccccc1. The number of alkyl halides is 2. The second kappa shape index (κ2) is 9.30. The summed E-state index contributed by atoms with van der Waals surface area (Å²) in [5, 5.41) is 9.19. The number of benzene rings is 2. The van der Waals surface area contributed by atoms with Gasteiger partial charge in [-0.2, -0.15) is 8.78 Å². The highest BCUT2D eigenvalue weighted by Crippen LogP contribution is 2.28. The number of hydrogen-bond acceptors (Lipinski definition) is 5. The maximum absolute atomic E-state index is 13.1. The van der Waals surface area contributed by atoms with Crippen LogP contribution in [0.4, 0.5) is 8.78 Å². The van der Waals surface area contributed by atoms with E-state index in [1.807, 2.05) is 66.9 Å². The number of hydrogen-bond donors (Lipinski definition) is 0. The second-order valence-electron chi connectivity index (χ2n) is 6.90. The van der Waals surface area contributed by atoms with Gasteiger partial charge in [0.15, 0.2) is 11.0 Å². The molecule has 4 aromatic rings. The van der Waals surface area contributed by atoms with Crippen LogP contribution in [0.2, 0.25) is 0 Å². The van der Waals surface area contributed by atoms with Crippen LogP contribution >= 0.6 is 11.8 Å². The molecule has 0 aliphatic heterocycles. The monoisotopic (exact) mass is 441 g/mol. The fourth-order valence-electron chi connectivity index (χ4n) is 3.25. The van der Waals surface area contributed by atoms with Crippen LogP contribution in [0.5, 0.6) is 5.75 Å². The number of thioether (sulfide) groups is 1. The first kappa shape index (κ1) is 21.0. The minimum atomic E-state index is -2.63. The lowest BCUT2D eigenvalue weighted by atomic mass is 10.1. The summed E-state index contributed by atoms with van der Waals surface area (Å²) < 4.78 is 35.1. The van der Waals surface area contributed by atoms with E-state index in [9.17, 15) is 8.78 Å². The Kier molecular flexibility index (Phi) is 6.31. The van der Waals surface area contributed by atoms with Crippen LogP contribution in [0.1, 0.15) is 29.3 Å². The number of ether oxygens (including phenoxy) is 1. The average molecular weight is 442 g/mol. The molecular formula is C22H21F2N5OS. The number of aryl methyl sites for hydroxylation is 2. The summed E-state index contributed by atoms with van der Waals surface area (Å²) in [7, 11) is 0. The summed E-state index contributed by atoms with van der Waals surface area (Å²) in [5.41, 5.74) is 2.95. The van der Waals surface area contributed by atoms with Crippen LogP contribution in [0, 0.1) is 13.8 Å². The van der Waals surface area contributed by atoms with Crippen molar-refractivity contribution in [3.63, 3.8) is 0 Å². The molecule has 160 valence electrons. The molecule has 0 N–H and O–H groups in total. The lowest BCUT2D eigenvalue weighted by Crippen LogP contribution is -2.08. The van der Waals surface area contributed by atoms with E-state index in [0.717, 1.165) is 27.1 Å². The Morgan fingerprint density at radius 1 is 0.968 bits per heavy atom. The molecule has 0 atom stereocenters. The van der Waals surface area contributed by atoms with Gasteiger partial charge in [0, 0.05) is 18.1 Å². The Bertz CT molecular complexity index is 1140. The van der Waals surface area contributed by atoms with Crippen molar-refractivity contribution in [1.82, 2.24) is 24.3 Å². The molecule has 0 aliphatic rings. The normalized spacial score (nSPS) is 11.3. The molecule has 31 heavy (non-hydrogen) atoms. The predicted octanol–water partition coefficient (Wildman–Crippen LogP) is 5.35. The van der Waals surface area contributed by atoms with Crippen LogP contribution in [0.15, 0.2) is 66.1 Å². The molecule has 0 fully saturated rings. The third kappa shape index (κ3) is 4.61. The van der Waals surface area contributed by atoms with Crippen LogP contribution in [-0.2, 0) is 12.4 Å². The molecular weight excluding hydrogens is 420 g/mol. The maximum Gasteiger partial charge on any atom is 0.319 e. The number of imidazole rings is 1. The van der Waals surface area contributed by atoms with Gasteiger partial charge in [0.1, 0.15) is 18.2 Å². The molecule has 0 amide bonds. The number of nitrogens with zero attached hydrogens (tertiary/aromatic N) is 5. The van der Waals surface area contributed by atoms with E-state index in [1.165, 1.54) is 24.2 Å². The van der Waals surface area contributed by atoms with E-state index in [0.29, 0.717) is 11.0 Å². The van der Waals surface area contributed by atoms with Crippen molar-refractivity contribution in [3.8, 4) is 11.4 Å². The van der Waals surface area contributed by atoms with Crippen molar-refractivity contribution in [1.29, 1.82) is 0 Å². The van der Waals surface area contributed by atoms with Crippen LogP contribution in [0.25, 0.3) is 5.69 Å². The van der Waals surface area contributed by atoms with Crippen LogP contribution in [-0.4, -0.2) is 24.3 Å². The zero-order valence-electron chi connectivity index (χ0n) is 17.1. The van der Waals surface area contributed by atoms with Crippen molar-refractivity contribution in [3.05, 3.63) is 83.7 Å². The van der Waals surface area contributed by atoms with E-state index in [1.54, 1.807) is 0 Å². The van der Waals surface area contributed by atoms with Gasteiger partial charge in [-0.25, -0.2) is 4.98 Å². The highest BCUT2D eigenvalue weighted by Gasteiger charge is 2.18. The molecule has 0 saturated heterocycles. The predicted molar refractivity (Wildman–Crippen MR) is 115 cm³/mol. The first-order chi connectivity index (χ1) is 15.0. The topological polar surface area (TPSA) is 57.8 Å². The van der Waals surface area contributed by atoms with Crippen molar-refractivity contribution < 1.29 is 13.5 Å². The Labute approximate surface area is 182 Å². The first-order valence-corrected chi connectivity index (χ1v) is 10.6. The van der Waals surface area contributed by atoms with Gasteiger partial charge in [-0.05, 0) is 37.1 Å². The van der Waals surface area contributed by atoms with Gasteiger partial charge in [-0.1, -0.05) is 48.2 Å². The highest BCUT2D eigenvalue weighted by molar-refractivity contribution is 7.98. The first-order valence-electron chi connectivity index (χ1n) is 9.66. The van der Waals surface area contributed by atoms with E-state index >= 15 is 0 Å². The summed E-state index contributed by atoms with van der Waals surface area (Å²) in [4.78, 5) is 4.04. The highest BCUT2D eigenvalue weighted by atomic mass is 32.2. The summed E-state index contributed by atoms with van der Waals surface area (Å²) in [6.07, 6.45) is 2.64. The number of halogens is 2. The molecule has 0 bridgehead atoms. The van der Waals surface area contributed by atoms with Gasteiger partial charge in [-0.15, -0.1) is 10.2 Å². The van der Waals surface area contributed by atoms with E-state index < -0.39 is 6.55 Å². The number of para-hydroxylation sites is 2. The minimum Gasteiger partial charge on any atom is -0.485 e. The van der Waals surface area contributed by atoms with E-state index in [-0.39, 0.29) is 18.2 Å². The third-order valence-electron chi connectivity index (χ3n) is 4.76. The summed E-state index contributed by atoms with van der Waals surface area (Å²) in [6.45, 7) is 1.58. The molecule has 0 radical (unpaired) electrons. The standard InChI is InChI=1S/C22H21F2N5OS/c1-15-7-6-8-16(2)20(15)30-13-18-26-27-22(29(18)17-9-4-3-5-10-17)31-14-19-25-11-12-28(19)21(23)24/h3-12,21H,13-14H2,1-2H3. The molecule has 2 aromatic carbocycles. The molecule has 0 saturated carbocycles. The third-order valence-corrected chi connectivity index (χ3v) is 5.68. The molecule has 0 unspecified atom stereocenters. The van der Waals surface area contributed by atoms with Crippen LogP contribution in [0.3, 0.4) is 0 Å². The van der Waals surface area contributed by atoms with E-state index in [2.05, 4.69) is 15.2 Å². The zero-order chi connectivity index (χ0) is 21.8. The van der Waals surface area contributed by atoms with Crippen molar-refractivity contribution in [2.45, 2.75) is 37.9 Å². The Morgan fingerprint density at radius 3 is 2.42 bits per heavy atom. The maximum atomic E-state index is 13.1. The second-order valence-corrected chi connectivity index (χ2v) is 7.84. The molecule has 2 heterocycles. The average Bonchev–Trinajstić information content (AvgIpc) is 3.39. The lowest BCUT2D eigenvalue weighted by molar-refractivity contribution is 0.0678. The number of aromatic nitrogens is 5. The van der Waals surface area contributed by atoms with Gasteiger partial charge >= 0.3 is 6.55 Å². The Balaban J connectivity index is 1.61. The molecule has 0 spiro atoms. The minimum absolute atomic E-state index is 0.222. The fourth-order valence-corrected chi connectivity index (χ4v) is 4.17. The molecule has 9 heteroatoms. The van der Waals surface area contributed by atoms with Gasteiger partial charge in [0.2, 0.25) is 0 Å². The quantitative estimate of drug-likeness (QED) is 0.345. The van der Waals surface area contributed by atoms with Crippen LogP contribution < -0.4 is 4.74 Å². The Morgan fingerprint density at radius 2 is 1.71 bits per heavy atom. The summed E-state index contributed by atoms with van der Waals surface area (Å²) in [5.74, 6) is 1.95. The lowest BCUT2D eigenvalue weighted by Gasteiger charge is -2.13. The number of rotatable bonds is 8. The molecule has 4 rings (SSSR count). The zero-order valence-corrected chi connectivity index (χ0v) is 17.9. The summed E-state index contributed by atoms with van der Waals surface area (Å²) >= 11 is 1.30. The van der Waals surface area contributed by atoms with Crippen molar-refractivity contribution >= 4 is 11.8 Å². The fraction of sp³-hybridized carbons (Fsp3) is 0.227. The Hall–Kier alpha value is -3.20. The van der Waals surface area contributed by atoms with Gasteiger partial charge in [0.05, 0.1) is 5.75 Å². The van der Waals surface area contributed by atoms with Crippen molar-refractivity contribution in [2.75, 3.05) is 0 Å². The largest absolute Gasteiger partial charge is 0.485 e. The van der Waals surface area contributed by atoms with Gasteiger partial charge in [-0.3, -0.25) is 9.13 Å². The summed E-state index contributed by atoms with van der Waals surface area (Å²) in [6, 6.07) is 15.6. The van der Waals surface area contributed by atoms with Crippen molar-refractivity contribution in [2.24, 2.45) is 0 Å². The smallest absolute Gasteiger partial charge is 0.319 e. The van der Waals surface area contributed by atoms with E-state index in [4.69, 9.17) is 4.74 Å². The molecule has 0 aliphatic carbocycles. The molecule has 2 aromatic heterocycles. The van der Waals surface area contributed by atoms with Gasteiger partial charge < -0.3 is 4.74 Å². The molecule has 6 nitrogen and oxygen atoms in total. The van der Waals surface area contributed by atoms with Gasteiger partial charge in [0.25, 0.3) is 0 Å².